The molecule has 0 fully saturated rings. The normalized spacial score (nSPS) is 13.2. The van der Waals surface area contributed by atoms with Gasteiger partial charge in [0.25, 0.3) is 0 Å². The molecule has 0 bridgehead atoms. The van der Waals surface area contributed by atoms with Gasteiger partial charge in [-0.15, -0.1) is 0 Å². The Hall–Kier alpha value is -2.04. The topological polar surface area (TPSA) is 61.4 Å². The number of nitrogens with one attached hydrogen (secondary N) is 2. The van der Waals surface area contributed by atoms with Gasteiger partial charge in [0.2, 0.25) is 5.91 Å². The first-order chi connectivity index (χ1) is 10.1. The van der Waals surface area contributed by atoms with E-state index in [4.69, 9.17) is 0 Å². The predicted molar refractivity (Wildman–Crippen MR) is 83.4 cm³/mol. The largest absolute Gasteiger partial charge is 0.362 e. The first kappa shape index (κ1) is 15.4. The lowest BCUT2D eigenvalue weighted by Crippen LogP contribution is -2.44. The van der Waals surface area contributed by atoms with Crippen LogP contribution in [-0.4, -0.2) is 31.6 Å². The number of nitrogens with zero attached hydrogens (tertiary/aromatic N) is 1. The minimum Gasteiger partial charge on any atom is -0.362 e. The maximum Gasteiger partial charge on any atom is 0.321 e. The van der Waals surface area contributed by atoms with E-state index in [-0.39, 0.29) is 12.5 Å². The molecule has 1 heterocycles. The van der Waals surface area contributed by atoms with Crippen molar-refractivity contribution in [2.45, 2.75) is 26.7 Å². The zero-order chi connectivity index (χ0) is 15.2. The zero-order valence-corrected chi connectivity index (χ0v) is 12.7. The number of imide groups is 1. The van der Waals surface area contributed by atoms with Crippen molar-refractivity contribution in [1.82, 2.24) is 10.6 Å². The number of rotatable bonds is 5. The third-order valence-electron chi connectivity index (χ3n) is 3.58. The molecule has 0 atom stereocenters. The molecule has 2 rings (SSSR count). The Balaban J connectivity index is 1.77. The van der Waals surface area contributed by atoms with Gasteiger partial charge >= 0.3 is 6.03 Å². The van der Waals surface area contributed by atoms with E-state index in [2.05, 4.69) is 30.5 Å². The van der Waals surface area contributed by atoms with E-state index in [1.165, 1.54) is 5.56 Å². The molecule has 0 saturated carbocycles. The number of para-hydroxylation sites is 1. The number of hydrogen-bond acceptors (Lipinski definition) is 3. The number of benzene rings is 1. The Morgan fingerprint density at radius 1 is 1.29 bits per heavy atom. The van der Waals surface area contributed by atoms with Crippen molar-refractivity contribution < 1.29 is 9.59 Å². The summed E-state index contributed by atoms with van der Waals surface area (Å²) in [5.74, 6) is 0.260. The highest BCUT2D eigenvalue weighted by Gasteiger charge is 2.21. The molecule has 1 aliphatic heterocycles. The van der Waals surface area contributed by atoms with Crippen LogP contribution in [0.5, 0.6) is 0 Å². The number of anilines is 1. The summed E-state index contributed by atoms with van der Waals surface area (Å²) in [6, 6.07) is 7.65. The Kier molecular flexibility index (Phi) is 5.20. The van der Waals surface area contributed by atoms with Crippen molar-refractivity contribution in [3.8, 4) is 0 Å². The maximum absolute atomic E-state index is 11.9. The highest BCUT2D eigenvalue weighted by Crippen LogP contribution is 2.26. The average Bonchev–Trinajstić information content (AvgIpc) is 2.81. The molecule has 5 nitrogen and oxygen atoms in total. The summed E-state index contributed by atoms with van der Waals surface area (Å²) in [4.78, 5) is 25.5. The molecule has 114 valence electrons. The number of amides is 3. The second-order valence-electron chi connectivity index (χ2n) is 5.79. The van der Waals surface area contributed by atoms with Gasteiger partial charge in [-0.2, -0.15) is 0 Å². The fraction of sp³-hybridized carbons (Fsp3) is 0.500. The van der Waals surface area contributed by atoms with Gasteiger partial charge in [-0.1, -0.05) is 32.0 Å². The van der Waals surface area contributed by atoms with Crippen LogP contribution in [0.1, 0.15) is 25.8 Å². The van der Waals surface area contributed by atoms with Crippen LogP contribution in [0.4, 0.5) is 10.5 Å². The van der Waals surface area contributed by atoms with Crippen LogP contribution in [-0.2, 0) is 11.2 Å². The van der Waals surface area contributed by atoms with E-state index in [0.717, 1.165) is 25.1 Å². The van der Waals surface area contributed by atoms with Gasteiger partial charge in [-0.05, 0) is 30.4 Å². The van der Waals surface area contributed by atoms with Gasteiger partial charge in [0.15, 0.2) is 0 Å². The van der Waals surface area contributed by atoms with Crippen LogP contribution < -0.4 is 15.5 Å². The summed E-state index contributed by atoms with van der Waals surface area (Å²) >= 11 is 0. The standard InChI is InChI=1S/C16H23N3O2/c1-12(2)7-9-17-16(21)18-15(20)11-19-10-8-13-5-3-4-6-14(13)19/h3-6,12H,7-11H2,1-2H3,(H2,17,18,20,21). The van der Waals surface area contributed by atoms with Gasteiger partial charge in [0, 0.05) is 18.8 Å². The molecule has 0 unspecified atom stereocenters. The fourth-order valence-electron chi connectivity index (χ4n) is 2.43. The second kappa shape index (κ2) is 7.11. The summed E-state index contributed by atoms with van der Waals surface area (Å²) in [5.41, 5.74) is 2.35. The number of hydrogen-bond donors (Lipinski definition) is 2. The Morgan fingerprint density at radius 3 is 2.81 bits per heavy atom. The van der Waals surface area contributed by atoms with Gasteiger partial charge in [0.05, 0.1) is 6.54 Å². The molecule has 2 N–H and O–H groups in total. The summed E-state index contributed by atoms with van der Waals surface area (Å²) in [5, 5.41) is 5.08. The third kappa shape index (κ3) is 4.48. The molecule has 0 aliphatic carbocycles. The molecule has 1 aliphatic rings. The van der Waals surface area contributed by atoms with E-state index >= 15 is 0 Å². The van der Waals surface area contributed by atoms with Gasteiger partial charge in [-0.3, -0.25) is 10.1 Å². The number of urea groups is 1. The minimum atomic E-state index is -0.409. The van der Waals surface area contributed by atoms with Gasteiger partial charge in [0.1, 0.15) is 0 Å². The average molecular weight is 289 g/mol. The monoisotopic (exact) mass is 289 g/mol. The molecule has 0 aromatic heterocycles. The van der Waals surface area contributed by atoms with E-state index < -0.39 is 6.03 Å². The minimum absolute atomic E-state index is 0.217. The van der Waals surface area contributed by atoms with Crippen LogP contribution in [0.2, 0.25) is 0 Å². The SMILES string of the molecule is CC(C)CCNC(=O)NC(=O)CN1CCc2ccccc21. The summed E-state index contributed by atoms with van der Waals surface area (Å²) in [7, 11) is 0. The number of carbonyl (C=O) groups excluding carboxylic acids is 2. The lowest BCUT2D eigenvalue weighted by Gasteiger charge is -2.18. The Bertz CT molecular complexity index is 514. The first-order valence-corrected chi connectivity index (χ1v) is 7.47. The van der Waals surface area contributed by atoms with Gasteiger partial charge < -0.3 is 10.2 Å². The van der Waals surface area contributed by atoms with E-state index in [1.807, 2.05) is 23.1 Å². The fourth-order valence-corrected chi connectivity index (χ4v) is 2.43. The molecule has 21 heavy (non-hydrogen) atoms. The van der Waals surface area contributed by atoms with E-state index in [1.54, 1.807) is 0 Å². The molecule has 0 radical (unpaired) electrons. The van der Waals surface area contributed by atoms with Crippen LogP contribution in [0, 0.1) is 5.92 Å². The molecular weight excluding hydrogens is 266 g/mol. The lowest BCUT2D eigenvalue weighted by atomic mass is 10.1. The van der Waals surface area contributed by atoms with E-state index in [9.17, 15) is 9.59 Å². The Morgan fingerprint density at radius 2 is 2.05 bits per heavy atom. The predicted octanol–water partition coefficient (Wildman–Crippen LogP) is 1.92. The van der Waals surface area contributed by atoms with Crippen molar-refractivity contribution in [2.24, 2.45) is 5.92 Å². The lowest BCUT2D eigenvalue weighted by molar-refractivity contribution is -0.118. The summed E-state index contributed by atoms with van der Waals surface area (Å²) in [6.07, 6.45) is 1.85. The van der Waals surface area contributed by atoms with E-state index in [0.29, 0.717) is 12.5 Å². The molecule has 0 saturated heterocycles. The second-order valence-corrected chi connectivity index (χ2v) is 5.79. The molecule has 1 aromatic carbocycles. The maximum atomic E-state index is 11.9. The highest BCUT2D eigenvalue weighted by molar-refractivity contribution is 5.96. The van der Waals surface area contributed by atoms with Crippen molar-refractivity contribution >= 4 is 17.6 Å². The van der Waals surface area contributed by atoms with Crippen LogP contribution in [0.25, 0.3) is 0 Å². The number of fused-ring (bicyclic) bond motifs is 1. The first-order valence-electron chi connectivity index (χ1n) is 7.47. The number of carbonyl (C=O) groups is 2. The summed E-state index contributed by atoms with van der Waals surface area (Å²) < 4.78 is 0. The molecule has 1 aromatic rings. The van der Waals surface area contributed by atoms with Crippen molar-refractivity contribution in [1.29, 1.82) is 0 Å². The van der Waals surface area contributed by atoms with Crippen LogP contribution >= 0.6 is 0 Å². The smallest absolute Gasteiger partial charge is 0.321 e. The molecular formula is C16H23N3O2. The molecule has 0 spiro atoms. The van der Waals surface area contributed by atoms with Crippen LogP contribution in [0.15, 0.2) is 24.3 Å². The van der Waals surface area contributed by atoms with Crippen molar-refractivity contribution in [2.75, 3.05) is 24.5 Å². The third-order valence-corrected chi connectivity index (χ3v) is 3.58. The Labute approximate surface area is 125 Å². The van der Waals surface area contributed by atoms with Gasteiger partial charge in [-0.25, -0.2) is 4.79 Å². The highest BCUT2D eigenvalue weighted by atomic mass is 16.2. The molecule has 3 amide bonds. The van der Waals surface area contributed by atoms with Crippen molar-refractivity contribution in [3.05, 3.63) is 29.8 Å². The van der Waals surface area contributed by atoms with Crippen LogP contribution in [0.3, 0.4) is 0 Å². The zero-order valence-electron chi connectivity index (χ0n) is 12.7. The quantitative estimate of drug-likeness (QED) is 0.870. The summed E-state index contributed by atoms with van der Waals surface area (Å²) in [6.45, 7) is 5.81. The van der Waals surface area contributed by atoms with Crippen molar-refractivity contribution in [3.63, 3.8) is 0 Å². The molecule has 5 heteroatoms.